The number of aryl methyl sites for hydroxylation is 1. The van der Waals surface area contributed by atoms with Crippen LogP contribution in [0.5, 0.6) is 5.75 Å². The van der Waals surface area contributed by atoms with Crippen molar-refractivity contribution in [3.63, 3.8) is 0 Å². The number of ether oxygens (including phenoxy) is 1. The molecule has 0 atom stereocenters. The third-order valence-corrected chi connectivity index (χ3v) is 6.49. The molecule has 0 bridgehead atoms. The van der Waals surface area contributed by atoms with E-state index in [4.69, 9.17) is 9.84 Å². The van der Waals surface area contributed by atoms with Crippen molar-refractivity contribution >= 4 is 27.3 Å². The Morgan fingerprint density at radius 3 is 2.81 bits per heavy atom. The van der Waals surface area contributed by atoms with Gasteiger partial charge in [-0.3, -0.25) is 4.79 Å². The van der Waals surface area contributed by atoms with Gasteiger partial charge in [-0.05, 0) is 49.1 Å². The van der Waals surface area contributed by atoms with Crippen molar-refractivity contribution in [2.45, 2.75) is 20.3 Å². The fourth-order valence-corrected chi connectivity index (χ4v) is 5.02. The number of aliphatic hydroxyl groups excluding tert-OH is 1. The van der Waals surface area contributed by atoms with Crippen LogP contribution in [0.2, 0.25) is 0 Å². The molecule has 4 aromatic rings. The van der Waals surface area contributed by atoms with Crippen LogP contribution in [0.4, 0.5) is 4.39 Å². The summed E-state index contributed by atoms with van der Waals surface area (Å²) in [6, 6.07) is 13.0. The second kappa shape index (κ2) is 9.10. The molecule has 4 rings (SSSR count). The molecule has 0 saturated carbocycles. The molecular formula is C24H24FN3O3S. The van der Waals surface area contributed by atoms with Crippen molar-refractivity contribution in [1.82, 2.24) is 15.1 Å². The van der Waals surface area contributed by atoms with Gasteiger partial charge in [0.15, 0.2) is 11.6 Å². The number of carbonyl (C=O) groups is 1. The molecule has 0 aliphatic carbocycles. The van der Waals surface area contributed by atoms with Gasteiger partial charge in [-0.15, -0.1) is 11.3 Å². The summed E-state index contributed by atoms with van der Waals surface area (Å²) in [5.41, 5.74) is 3.75. The molecule has 2 aromatic heterocycles. The van der Waals surface area contributed by atoms with E-state index < -0.39 is 0 Å². The van der Waals surface area contributed by atoms with Gasteiger partial charge in [0.2, 0.25) is 0 Å². The summed E-state index contributed by atoms with van der Waals surface area (Å²) >= 11 is 1.65. The second-order valence-corrected chi connectivity index (χ2v) is 8.63. The average molecular weight is 454 g/mol. The molecule has 6 nitrogen and oxygen atoms in total. The quantitative estimate of drug-likeness (QED) is 0.441. The van der Waals surface area contributed by atoms with E-state index in [1.54, 1.807) is 35.1 Å². The molecular weight excluding hydrogens is 429 g/mol. The lowest BCUT2D eigenvalue weighted by molar-refractivity contribution is 0.0943. The predicted octanol–water partition coefficient (Wildman–Crippen LogP) is 4.16. The van der Waals surface area contributed by atoms with Crippen LogP contribution in [0.25, 0.3) is 15.8 Å². The Morgan fingerprint density at radius 1 is 1.25 bits per heavy atom. The summed E-state index contributed by atoms with van der Waals surface area (Å²) in [7, 11) is 1.46. The third kappa shape index (κ3) is 4.11. The molecule has 0 saturated heterocycles. The Bertz CT molecular complexity index is 1300. The number of aromatic nitrogens is 2. The Labute approximate surface area is 189 Å². The highest BCUT2D eigenvalue weighted by Crippen LogP contribution is 2.34. The zero-order valence-electron chi connectivity index (χ0n) is 18.1. The maximum absolute atomic E-state index is 13.7. The van der Waals surface area contributed by atoms with E-state index >= 15 is 0 Å². The van der Waals surface area contributed by atoms with Gasteiger partial charge in [0.25, 0.3) is 5.91 Å². The van der Waals surface area contributed by atoms with Crippen molar-refractivity contribution in [2.75, 3.05) is 20.3 Å². The number of fused-ring (bicyclic) bond motifs is 1. The number of halogens is 1. The minimum atomic E-state index is -0.377. The zero-order valence-corrected chi connectivity index (χ0v) is 18.9. The number of nitrogens with one attached hydrogen (secondary N) is 1. The van der Waals surface area contributed by atoms with Gasteiger partial charge in [-0.25, -0.2) is 9.07 Å². The van der Waals surface area contributed by atoms with Gasteiger partial charge in [0.05, 0.1) is 41.1 Å². The molecule has 1 amide bonds. The van der Waals surface area contributed by atoms with Crippen molar-refractivity contribution in [2.24, 2.45) is 0 Å². The molecule has 32 heavy (non-hydrogen) atoms. The summed E-state index contributed by atoms with van der Waals surface area (Å²) in [6.45, 7) is 3.75. The number of hydrogen-bond acceptors (Lipinski definition) is 5. The number of nitrogens with zero attached hydrogens (tertiary/aromatic N) is 2. The van der Waals surface area contributed by atoms with E-state index in [0.717, 1.165) is 31.9 Å². The van der Waals surface area contributed by atoms with Gasteiger partial charge < -0.3 is 15.2 Å². The molecule has 2 aromatic carbocycles. The highest BCUT2D eigenvalue weighted by molar-refractivity contribution is 7.19. The van der Waals surface area contributed by atoms with E-state index in [-0.39, 0.29) is 30.6 Å². The summed E-state index contributed by atoms with van der Waals surface area (Å²) in [5, 5.41) is 17.4. The van der Waals surface area contributed by atoms with Crippen molar-refractivity contribution in [3.8, 4) is 11.4 Å². The Hall–Kier alpha value is -3.23. The maximum atomic E-state index is 13.7. The van der Waals surface area contributed by atoms with Crippen molar-refractivity contribution in [1.29, 1.82) is 0 Å². The number of carbonyl (C=O) groups excluding carboxylic acids is 1. The lowest BCUT2D eigenvalue weighted by Crippen LogP contribution is -2.27. The second-order valence-electron chi connectivity index (χ2n) is 7.49. The summed E-state index contributed by atoms with van der Waals surface area (Å²) in [4.78, 5) is 13.7. The van der Waals surface area contributed by atoms with E-state index in [9.17, 15) is 9.18 Å². The predicted molar refractivity (Wildman–Crippen MR) is 124 cm³/mol. The summed E-state index contributed by atoms with van der Waals surface area (Å²) in [5.74, 6) is -0.387. The number of methoxy groups -OCH3 is 1. The van der Waals surface area contributed by atoms with Gasteiger partial charge in [-0.1, -0.05) is 18.2 Å². The Kier molecular flexibility index (Phi) is 6.25. The smallest absolute Gasteiger partial charge is 0.255 e. The fraction of sp³-hybridized carbons (Fsp3) is 0.250. The lowest BCUT2D eigenvalue weighted by Gasteiger charge is -2.07. The fourth-order valence-electron chi connectivity index (χ4n) is 3.83. The van der Waals surface area contributed by atoms with Crippen LogP contribution < -0.4 is 10.1 Å². The van der Waals surface area contributed by atoms with E-state index in [2.05, 4.69) is 16.5 Å². The molecule has 0 spiro atoms. The number of thiophene rings is 1. The highest BCUT2D eigenvalue weighted by atomic mass is 32.1. The first-order chi connectivity index (χ1) is 15.4. The minimum Gasteiger partial charge on any atom is -0.494 e. The molecule has 0 fully saturated rings. The Balaban J connectivity index is 1.71. The number of hydrogen-bond donors (Lipinski definition) is 2. The number of rotatable bonds is 7. The third-order valence-electron chi connectivity index (χ3n) is 5.31. The van der Waals surface area contributed by atoms with Crippen molar-refractivity contribution in [3.05, 3.63) is 75.7 Å². The number of amides is 1. The molecule has 2 N–H and O–H groups in total. The summed E-state index contributed by atoms with van der Waals surface area (Å²) in [6.07, 6.45) is 0.654. The normalized spacial score (nSPS) is 11.2. The molecule has 0 unspecified atom stereocenters. The van der Waals surface area contributed by atoms with Crippen LogP contribution in [-0.4, -0.2) is 41.1 Å². The monoisotopic (exact) mass is 453 g/mol. The van der Waals surface area contributed by atoms with Gasteiger partial charge in [0, 0.05) is 17.8 Å². The standard InChI is InChI=1S/C24H24FN3O3S/c1-14-22(24(30)26-9-10-29)15(2)28(27-14)20-6-4-5-17-13-18(32-23(17)20)11-16-7-8-19(25)21(12-16)31-3/h4-8,12-13,29H,9-11H2,1-3H3,(H,26,30). The molecule has 2 heterocycles. The average Bonchev–Trinajstić information content (AvgIpc) is 3.32. The molecule has 0 radical (unpaired) electrons. The molecule has 0 aliphatic rings. The number of aliphatic hydroxyl groups is 1. The van der Waals surface area contributed by atoms with E-state index in [1.165, 1.54) is 13.2 Å². The first-order valence-corrected chi connectivity index (χ1v) is 11.0. The summed E-state index contributed by atoms with van der Waals surface area (Å²) < 4.78 is 21.7. The van der Waals surface area contributed by atoms with Crippen LogP contribution in [0.1, 0.15) is 32.2 Å². The van der Waals surface area contributed by atoms with E-state index in [1.807, 2.05) is 25.1 Å². The first-order valence-electron chi connectivity index (χ1n) is 10.2. The van der Waals surface area contributed by atoms with Crippen LogP contribution in [0.3, 0.4) is 0 Å². The molecule has 0 aliphatic heterocycles. The van der Waals surface area contributed by atoms with Crippen LogP contribution in [0, 0.1) is 19.7 Å². The van der Waals surface area contributed by atoms with Gasteiger partial charge >= 0.3 is 0 Å². The molecule has 166 valence electrons. The molecule has 8 heteroatoms. The lowest BCUT2D eigenvalue weighted by atomic mass is 10.1. The first kappa shape index (κ1) is 22.0. The maximum Gasteiger partial charge on any atom is 0.255 e. The van der Waals surface area contributed by atoms with Crippen molar-refractivity contribution < 1.29 is 19.0 Å². The van der Waals surface area contributed by atoms with Gasteiger partial charge in [0.1, 0.15) is 0 Å². The Morgan fingerprint density at radius 2 is 2.06 bits per heavy atom. The highest BCUT2D eigenvalue weighted by Gasteiger charge is 2.20. The van der Waals surface area contributed by atoms with Gasteiger partial charge in [-0.2, -0.15) is 5.10 Å². The van der Waals surface area contributed by atoms with E-state index in [0.29, 0.717) is 17.7 Å². The van der Waals surface area contributed by atoms with Crippen LogP contribution in [0.15, 0.2) is 42.5 Å². The largest absolute Gasteiger partial charge is 0.494 e. The van der Waals surface area contributed by atoms with Crippen LogP contribution >= 0.6 is 11.3 Å². The number of benzene rings is 2. The SMILES string of the molecule is COc1cc(Cc2cc3cccc(-n4nc(C)c(C(=O)NCCO)c4C)c3s2)ccc1F. The zero-order chi connectivity index (χ0) is 22.8. The van der Waals surface area contributed by atoms with Crippen LogP contribution in [-0.2, 0) is 6.42 Å². The minimum absolute atomic E-state index is 0.116. The topological polar surface area (TPSA) is 76.4 Å².